The number of benzene rings is 2. The number of hydrogen-bond acceptors (Lipinski definition) is 3. The van der Waals surface area contributed by atoms with Crippen molar-refractivity contribution in [3.8, 4) is 11.5 Å². The average Bonchev–Trinajstić information content (AvgIpc) is 2.93. The van der Waals surface area contributed by atoms with Crippen molar-refractivity contribution in [2.24, 2.45) is 0 Å². The Morgan fingerprint density at radius 2 is 1.78 bits per heavy atom. The van der Waals surface area contributed by atoms with Crippen molar-refractivity contribution in [1.82, 2.24) is 4.98 Å². The fraction of sp³-hybridized carbons (Fsp3) is 0.167. The predicted molar refractivity (Wildman–Crippen MR) is 90.5 cm³/mol. The van der Waals surface area contributed by atoms with Gasteiger partial charge in [-0.25, -0.2) is 0 Å². The Hall–Kier alpha value is -2.95. The normalized spacial score (nSPS) is 10.6. The molecule has 0 radical (unpaired) electrons. The van der Waals surface area contributed by atoms with Gasteiger partial charge in [-0.05, 0) is 43.3 Å². The molecule has 0 spiro atoms. The highest BCUT2D eigenvalue weighted by molar-refractivity contribution is 6.06. The second kappa shape index (κ2) is 6.04. The van der Waals surface area contributed by atoms with Gasteiger partial charge >= 0.3 is 0 Å². The first-order valence-electron chi connectivity index (χ1n) is 7.23. The van der Waals surface area contributed by atoms with Crippen LogP contribution in [0.15, 0.2) is 42.5 Å². The molecule has 0 aliphatic rings. The molecule has 0 saturated carbocycles. The van der Waals surface area contributed by atoms with Crippen LogP contribution in [-0.2, 0) is 0 Å². The van der Waals surface area contributed by atoms with Gasteiger partial charge in [-0.15, -0.1) is 0 Å². The Balaban J connectivity index is 1.85. The number of carbonyl (C=O) groups excluding carboxylic acids is 1. The first kappa shape index (κ1) is 15.0. The first-order chi connectivity index (χ1) is 11.1. The topological polar surface area (TPSA) is 63.3 Å². The van der Waals surface area contributed by atoms with E-state index in [1.54, 1.807) is 38.5 Å². The van der Waals surface area contributed by atoms with E-state index >= 15 is 0 Å². The van der Waals surface area contributed by atoms with E-state index in [4.69, 9.17) is 9.47 Å². The maximum absolute atomic E-state index is 12.4. The van der Waals surface area contributed by atoms with Gasteiger partial charge < -0.3 is 19.8 Å². The van der Waals surface area contributed by atoms with Crippen LogP contribution in [-0.4, -0.2) is 25.1 Å². The molecular weight excluding hydrogens is 292 g/mol. The zero-order valence-electron chi connectivity index (χ0n) is 13.3. The second-order valence-corrected chi connectivity index (χ2v) is 5.28. The average molecular weight is 310 g/mol. The van der Waals surface area contributed by atoms with Gasteiger partial charge in [0.2, 0.25) is 0 Å². The summed E-state index contributed by atoms with van der Waals surface area (Å²) in [5.41, 5.74) is 3.34. The lowest BCUT2D eigenvalue weighted by atomic mass is 10.1. The van der Waals surface area contributed by atoms with Crippen molar-refractivity contribution < 1.29 is 14.3 Å². The summed E-state index contributed by atoms with van der Waals surface area (Å²) in [7, 11) is 3.13. The number of ether oxygens (including phenoxy) is 2. The quantitative estimate of drug-likeness (QED) is 0.771. The monoisotopic (exact) mass is 310 g/mol. The van der Waals surface area contributed by atoms with E-state index in [1.165, 1.54) is 0 Å². The van der Waals surface area contributed by atoms with E-state index in [9.17, 15) is 4.79 Å². The summed E-state index contributed by atoms with van der Waals surface area (Å²) >= 11 is 0. The minimum Gasteiger partial charge on any atom is -0.493 e. The van der Waals surface area contributed by atoms with Crippen molar-refractivity contribution in [3.05, 3.63) is 53.7 Å². The number of fused-ring (bicyclic) bond motifs is 1. The van der Waals surface area contributed by atoms with Crippen LogP contribution in [0.4, 0.5) is 5.69 Å². The van der Waals surface area contributed by atoms with Crippen molar-refractivity contribution in [2.75, 3.05) is 19.5 Å². The van der Waals surface area contributed by atoms with Crippen LogP contribution in [0.2, 0.25) is 0 Å². The smallest absolute Gasteiger partial charge is 0.255 e. The molecule has 0 aliphatic carbocycles. The van der Waals surface area contributed by atoms with Crippen LogP contribution >= 0.6 is 0 Å². The van der Waals surface area contributed by atoms with Gasteiger partial charge in [-0.1, -0.05) is 0 Å². The lowest BCUT2D eigenvalue weighted by molar-refractivity contribution is 0.102. The van der Waals surface area contributed by atoms with Crippen LogP contribution in [0.3, 0.4) is 0 Å². The third kappa shape index (κ3) is 2.99. The fourth-order valence-electron chi connectivity index (χ4n) is 2.54. The van der Waals surface area contributed by atoms with E-state index in [0.29, 0.717) is 22.7 Å². The lowest BCUT2D eigenvalue weighted by Crippen LogP contribution is -2.11. The molecule has 2 aromatic carbocycles. The molecule has 0 atom stereocenters. The Morgan fingerprint density at radius 3 is 2.52 bits per heavy atom. The van der Waals surface area contributed by atoms with Gasteiger partial charge in [0.05, 0.1) is 14.2 Å². The standard InChI is InChI=1S/C18H18N2O3/c1-11-8-13-9-12(4-6-15(13)19-11)18(21)20-14-5-7-16(22-2)17(10-14)23-3/h4-10,19H,1-3H3,(H,20,21). The molecule has 0 unspecified atom stereocenters. The van der Waals surface area contributed by atoms with E-state index in [0.717, 1.165) is 16.6 Å². The van der Waals surface area contributed by atoms with Gasteiger partial charge in [0.1, 0.15) is 0 Å². The molecule has 3 aromatic rings. The van der Waals surface area contributed by atoms with Gasteiger partial charge in [-0.2, -0.15) is 0 Å². The summed E-state index contributed by atoms with van der Waals surface area (Å²) in [6, 6.07) is 12.9. The number of methoxy groups -OCH3 is 2. The maximum Gasteiger partial charge on any atom is 0.255 e. The minimum atomic E-state index is -0.169. The Morgan fingerprint density at radius 1 is 1.00 bits per heavy atom. The molecule has 1 amide bonds. The lowest BCUT2D eigenvalue weighted by Gasteiger charge is -2.10. The van der Waals surface area contributed by atoms with Crippen molar-refractivity contribution in [2.45, 2.75) is 6.92 Å². The summed E-state index contributed by atoms with van der Waals surface area (Å²) < 4.78 is 10.4. The highest BCUT2D eigenvalue weighted by Gasteiger charge is 2.10. The molecule has 23 heavy (non-hydrogen) atoms. The van der Waals surface area contributed by atoms with Crippen LogP contribution in [0.1, 0.15) is 16.1 Å². The zero-order valence-corrected chi connectivity index (χ0v) is 13.3. The molecule has 3 rings (SSSR count). The second-order valence-electron chi connectivity index (χ2n) is 5.28. The zero-order chi connectivity index (χ0) is 16.4. The molecule has 2 N–H and O–H groups in total. The molecule has 0 saturated heterocycles. The third-order valence-electron chi connectivity index (χ3n) is 3.66. The number of nitrogens with one attached hydrogen (secondary N) is 2. The van der Waals surface area contributed by atoms with Crippen molar-refractivity contribution in [3.63, 3.8) is 0 Å². The number of anilines is 1. The summed E-state index contributed by atoms with van der Waals surface area (Å²) in [5.74, 6) is 1.02. The molecule has 5 heteroatoms. The van der Waals surface area contributed by atoms with Gasteiger partial charge in [0.25, 0.3) is 5.91 Å². The number of H-pyrrole nitrogens is 1. The Labute approximate surface area is 134 Å². The number of aryl methyl sites for hydroxylation is 1. The molecule has 5 nitrogen and oxygen atoms in total. The number of amides is 1. The maximum atomic E-state index is 12.4. The molecule has 0 fully saturated rings. The van der Waals surface area contributed by atoms with Crippen LogP contribution in [0, 0.1) is 6.92 Å². The van der Waals surface area contributed by atoms with Gasteiger partial charge in [-0.3, -0.25) is 4.79 Å². The SMILES string of the molecule is COc1ccc(NC(=O)c2ccc3[nH]c(C)cc3c2)cc1OC. The van der Waals surface area contributed by atoms with E-state index in [2.05, 4.69) is 10.3 Å². The van der Waals surface area contributed by atoms with Crippen molar-refractivity contribution >= 4 is 22.5 Å². The highest BCUT2D eigenvalue weighted by Crippen LogP contribution is 2.30. The number of aromatic nitrogens is 1. The molecule has 1 aromatic heterocycles. The Bertz CT molecular complexity index is 868. The van der Waals surface area contributed by atoms with Gasteiger partial charge in [0.15, 0.2) is 11.5 Å². The van der Waals surface area contributed by atoms with Crippen LogP contribution in [0.25, 0.3) is 10.9 Å². The van der Waals surface area contributed by atoms with Crippen LogP contribution in [0.5, 0.6) is 11.5 Å². The molecule has 118 valence electrons. The predicted octanol–water partition coefficient (Wildman–Crippen LogP) is 3.75. The number of aromatic amines is 1. The number of rotatable bonds is 4. The fourth-order valence-corrected chi connectivity index (χ4v) is 2.54. The summed E-state index contributed by atoms with van der Waals surface area (Å²) in [4.78, 5) is 15.7. The number of hydrogen-bond donors (Lipinski definition) is 2. The number of carbonyl (C=O) groups is 1. The summed E-state index contributed by atoms with van der Waals surface area (Å²) in [6.07, 6.45) is 0. The van der Waals surface area contributed by atoms with E-state index in [-0.39, 0.29) is 5.91 Å². The summed E-state index contributed by atoms with van der Waals surface area (Å²) in [6.45, 7) is 1.99. The van der Waals surface area contributed by atoms with Crippen molar-refractivity contribution in [1.29, 1.82) is 0 Å². The molecule has 0 aliphatic heterocycles. The largest absolute Gasteiger partial charge is 0.493 e. The molecule has 0 bridgehead atoms. The van der Waals surface area contributed by atoms with E-state index in [1.807, 2.05) is 25.1 Å². The third-order valence-corrected chi connectivity index (χ3v) is 3.66. The molecule has 1 heterocycles. The summed E-state index contributed by atoms with van der Waals surface area (Å²) in [5, 5.41) is 3.89. The van der Waals surface area contributed by atoms with Gasteiger partial charge in [0, 0.05) is 33.9 Å². The highest BCUT2D eigenvalue weighted by atomic mass is 16.5. The molecular formula is C18H18N2O3. The minimum absolute atomic E-state index is 0.169. The Kier molecular flexibility index (Phi) is 3.93. The van der Waals surface area contributed by atoms with E-state index < -0.39 is 0 Å². The first-order valence-corrected chi connectivity index (χ1v) is 7.23. The van der Waals surface area contributed by atoms with Crippen LogP contribution < -0.4 is 14.8 Å².